The van der Waals surface area contributed by atoms with Crippen LogP contribution in [0.15, 0.2) is 42.6 Å². The highest BCUT2D eigenvalue weighted by Crippen LogP contribution is 2.29. The maximum Gasteiger partial charge on any atom is 0.273 e. The van der Waals surface area contributed by atoms with Crippen molar-refractivity contribution in [3.05, 3.63) is 65.2 Å². The van der Waals surface area contributed by atoms with E-state index in [1.54, 1.807) is 12.3 Å². The molecule has 3 nitrogen and oxygen atoms in total. The molecule has 1 heterocycles. The van der Waals surface area contributed by atoms with E-state index in [0.717, 1.165) is 30.4 Å². The topological polar surface area (TPSA) is 33.2 Å². The average Bonchev–Trinajstić information content (AvgIpc) is 3.37. The Kier molecular flexibility index (Phi) is 4.18. The van der Waals surface area contributed by atoms with Crippen LogP contribution < -0.4 is 0 Å². The minimum atomic E-state index is -0.271. The van der Waals surface area contributed by atoms with Crippen LogP contribution >= 0.6 is 0 Å². The van der Waals surface area contributed by atoms with Gasteiger partial charge in [-0.05, 0) is 54.7 Å². The Bertz CT molecular complexity index is 682. The van der Waals surface area contributed by atoms with Gasteiger partial charge >= 0.3 is 0 Å². The van der Waals surface area contributed by atoms with Crippen molar-refractivity contribution in [1.29, 1.82) is 0 Å². The van der Waals surface area contributed by atoms with Crippen molar-refractivity contribution < 1.29 is 9.18 Å². The van der Waals surface area contributed by atoms with Crippen molar-refractivity contribution in [3.63, 3.8) is 0 Å². The predicted octanol–water partition coefficient (Wildman–Crippen LogP) is 3.59. The van der Waals surface area contributed by atoms with Gasteiger partial charge in [0.1, 0.15) is 11.5 Å². The lowest BCUT2D eigenvalue weighted by Gasteiger charge is -2.22. The van der Waals surface area contributed by atoms with Crippen LogP contribution in [0.5, 0.6) is 0 Å². The van der Waals surface area contributed by atoms with E-state index in [4.69, 9.17) is 0 Å². The van der Waals surface area contributed by atoms with Gasteiger partial charge in [0.05, 0.1) is 0 Å². The van der Waals surface area contributed by atoms with Crippen LogP contribution in [0.2, 0.25) is 0 Å². The number of aromatic nitrogens is 1. The second kappa shape index (κ2) is 6.26. The number of carbonyl (C=O) groups excluding carboxylic acids is 1. The lowest BCUT2D eigenvalue weighted by atomic mass is 10.1. The molecule has 4 heteroatoms. The molecule has 1 fully saturated rings. The summed E-state index contributed by atoms with van der Waals surface area (Å²) >= 11 is 0. The largest absolute Gasteiger partial charge is 0.330 e. The Balaban J connectivity index is 1.82. The normalized spacial score (nSPS) is 13.9. The van der Waals surface area contributed by atoms with Crippen LogP contribution in [0.3, 0.4) is 0 Å². The fourth-order valence-electron chi connectivity index (χ4n) is 2.54. The molecule has 22 heavy (non-hydrogen) atoms. The SMILES string of the molecule is CCc1ccnc(C(=O)N(Cc2cccc(F)c2)C2CC2)c1. The van der Waals surface area contributed by atoms with Gasteiger partial charge in [-0.1, -0.05) is 19.1 Å². The zero-order valence-corrected chi connectivity index (χ0v) is 12.6. The zero-order chi connectivity index (χ0) is 15.5. The number of nitrogens with zero attached hydrogens (tertiary/aromatic N) is 2. The summed E-state index contributed by atoms with van der Waals surface area (Å²) in [6, 6.07) is 10.5. The molecule has 0 N–H and O–H groups in total. The molecule has 0 bridgehead atoms. The quantitative estimate of drug-likeness (QED) is 0.845. The van der Waals surface area contributed by atoms with Gasteiger partial charge in [0.2, 0.25) is 0 Å². The van der Waals surface area contributed by atoms with E-state index in [1.807, 2.05) is 23.1 Å². The minimum Gasteiger partial charge on any atom is -0.330 e. The number of hydrogen-bond acceptors (Lipinski definition) is 2. The number of pyridine rings is 1. The molecule has 0 unspecified atom stereocenters. The van der Waals surface area contributed by atoms with Crippen molar-refractivity contribution in [2.75, 3.05) is 0 Å². The van der Waals surface area contributed by atoms with Gasteiger partial charge in [-0.3, -0.25) is 9.78 Å². The number of hydrogen-bond donors (Lipinski definition) is 0. The summed E-state index contributed by atoms with van der Waals surface area (Å²) in [5, 5.41) is 0. The number of carbonyl (C=O) groups is 1. The van der Waals surface area contributed by atoms with Crippen molar-refractivity contribution in [3.8, 4) is 0 Å². The van der Waals surface area contributed by atoms with E-state index in [-0.39, 0.29) is 17.8 Å². The maximum atomic E-state index is 13.3. The Morgan fingerprint density at radius 1 is 1.27 bits per heavy atom. The standard InChI is InChI=1S/C18H19FN2O/c1-2-13-8-9-20-17(11-13)18(22)21(16-6-7-16)12-14-4-3-5-15(19)10-14/h3-5,8-11,16H,2,6-7,12H2,1H3. The van der Waals surface area contributed by atoms with Crippen LogP contribution in [0, 0.1) is 5.82 Å². The van der Waals surface area contributed by atoms with E-state index in [2.05, 4.69) is 11.9 Å². The molecule has 1 saturated carbocycles. The molecule has 0 saturated heterocycles. The Labute approximate surface area is 129 Å². The van der Waals surface area contributed by atoms with E-state index >= 15 is 0 Å². The summed E-state index contributed by atoms with van der Waals surface area (Å²) < 4.78 is 13.3. The first kappa shape index (κ1) is 14.7. The number of rotatable bonds is 5. The molecule has 1 aromatic heterocycles. The first-order valence-electron chi connectivity index (χ1n) is 7.67. The molecule has 1 amide bonds. The Morgan fingerprint density at radius 3 is 2.77 bits per heavy atom. The molecule has 1 aromatic carbocycles. The molecular formula is C18H19FN2O. The van der Waals surface area contributed by atoms with Gasteiger partial charge in [0.25, 0.3) is 5.91 Å². The van der Waals surface area contributed by atoms with Gasteiger partial charge < -0.3 is 4.90 Å². The Hall–Kier alpha value is -2.23. The van der Waals surface area contributed by atoms with Gasteiger partial charge in [0, 0.05) is 18.8 Å². The van der Waals surface area contributed by atoms with Crippen molar-refractivity contribution in [2.24, 2.45) is 0 Å². The van der Waals surface area contributed by atoms with Crippen LogP contribution in [-0.2, 0) is 13.0 Å². The smallest absolute Gasteiger partial charge is 0.273 e. The zero-order valence-electron chi connectivity index (χ0n) is 12.6. The first-order valence-corrected chi connectivity index (χ1v) is 7.67. The highest BCUT2D eigenvalue weighted by Gasteiger charge is 2.33. The maximum absolute atomic E-state index is 13.3. The first-order chi connectivity index (χ1) is 10.7. The highest BCUT2D eigenvalue weighted by atomic mass is 19.1. The third-order valence-corrected chi connectivity index (χ3v) is 3.94. The molecule has 3 rings (SSSR count). The van der Waals surface area contributed by atoms with Crippen LogP contribution in [-0.4, -0.2) is 21.8 Å². The van der Waals surface area contributed by atoms with Gasteiger partial charge in [-0.15, -0.1) is 0 Å². The van der Waals surface area contributed by atoms with Crippen LogP contribution in [0.4, 0.5) is 4.39 Å². The lowest BCUT2D eigenvalue weighted by molar-refractivity contribution is 0.0723. The molecule has 0 aliphatic heterocycles. The summed E-state index contributed by atoms with van der Waals surface area (Å²) in [5.41, 5.74) is 2.38. The minimum absolute atomic E-state index is 0.0675. The number of benzene rings is 1. The van der Waals surface area contributed by atoms with E-state index in [0.29, 0.717) is 12.2 Å². The summed E-state index contributed by atoms with van der Waals surface area (Å²) in [6.07, 6.45) is 4.57. The van der Waals surface area contributed by atoms with Gasteiger partial charge in [-0.2, -0.15) is 0 Å². The Morgan fingerprint density at radius 2 is 2.09 bits per heavy atom. The molecular weight excluding hydrogens is 279 g/mol. The van der Waals surface area contributed by atoms with Crippen LogP contribution in [0.1, 0.15) is 41.4 Å². The molecule has 1 aliphatic rings. The van der Waals surface area contributed by atoms with Crippen LogP contribution in [0.25, 0.3) is 0 Å². The van der Waals surface area contributed by atoms with Crippen molar-refractivity contribution in [1.82, 2.24) is 9.88 Å². The van der Waals surface area contributed by atoms with E-state index < -0.39 is 0 Å². The summed E-state index contributed by atoms with van der Waals surface area (Å²) in [5.74, 6) is -0.339. The van der Waals surface area contributed by atoms with E-state index in [1.165, 1.54) is 12.1 Å². The van der Waals surface area contributed by atoms with E-state index in [9.17, 15) is 9.18 Å². The summed E-state index contributed by atoms with van der Waals surface area (Å²) in [4.78, 5) is 18.8. The second-order valence-electron chi connectivity index (χ2n) is 5.70. The number of aryl methyl sites for hydroxylation is 1. The molecule has 0 spiro atoms. The number of halogens is 1. The molecule has 0 radical (unpaired) electrons. The lowest BCUT2D eigenvalue weighted by Crippen LogP contribution is -2.33. The molecule has 1 aliphatic carbocycles. The molecule has 0 atom stereocenters. The third-order valence-electron chi connectivity index (χ3n) is 3.94. The van der Waals surface area contributed by atoms with Gasteiger partial charge in [-0.25, -0.2) is 4.39 Å². The highest BCUT2D eigenvalue weighted by molar-refractivity contribution is 5.92. The summed E-state index contributed by atoms with van der Waals surface area (Å²) in [7, 11) is 0. The average molecular weight is 298 g/mol. The monoisotopic (exact) mass is 298 g/mol. The second-order valence-corrected chi connectivity index (χ2v) is 5.70. The van der Waals surface area contributed by atoms with Crippen molar-refractivity contribution in [2.45, 2.75) is 38.8 Å². The molecule has 2 aromatic rings. The third kappa shape index (κ3) is 3.32. The van der Waals surface area contributed by atoms with Gasteiger partial charge in [0.15, 0.2) is 0 Å². The summed E-state index contributed by atoms with van der Waals surface area (Å²) in [6.45, 7) is 2.48. The van der Waals surface area contributed by atoms with Crippen molar-refractivity contribution >= 4 is 5.91 Å². The fourth-order valence-corrected chi connectivity index (χ4v) is 2.54. The fraction of sp³-hybridized carbons (Fsp3) is 0.333. The molecule has 114 valence electrons. The number of amides is 1. The predicted molar refractivity (Wildman–Crippen MR) is 82.9 cm³/mol.